The van der Waals surface area contributed by atoms with E-state index in [-0.39, 0.29) is 12.4 Å². The zero-order chi connectivity index (χ0) is 25.7. The summed E-state index contributed by atoms with van der Waals surface area (Å²) < 4.78 is 45.8. The summed E-state index contributed by atoms with van der Waals surface area (Å²) in [5.41, 5.74) is 3.11. The van der Waals surface area contributed by atoms with Crippen molar-refractivity contribution in [1.82, 2.24) is 25.0 Å². The Morgan fingerprint density at radius 1 is 1.08 bits per heavy atom. The van der Waals surface area contributed by atoms with Crippen LogP contribution >= 0.6 is 0 Å². The SMILES string of the molecule is Cc1cc(OCc2ccc(-c3ccc(C(F)(F)F)nc3)nc2C)ccc1C(=O)CCCn1ccnn1. The van der Waals surface area contributed by atoms with E-state index in [1.165, 1.54) is 12.3 Å². The van der Waals surface area contributed by atoms with Gasteiger partial charge in [0.2, 0.25) is 0 Å². The van der Waals surface area contributed by atoms with E-state index in [0.29, 0.717) is 47.7 Å². The summed E-state index contributed by atoms with van der Waals surface area (Å²) in [6.45, 7) is 4.58. The molecular weight excluding hydrogens is 471 g/mol. The van der Waals surface area contributed by atoms with Crippen LogP contribution in [0.5, 0.6) is 5.75 Å². The van der Waals surface area contributed by atoms with E-state index in [4.69, 9.17) is 4.74 Å². The third-order valence-corrected chi connectivity index (χ3v) is 5.70. The fraction of sp³-hybridized carbons (Fsp3) is 0.269. The van der Waals surface area contributed by atoms with E-state index in [1.807, 2.05) is 26.0 Å². The van der Waals surface area contributed by atoms with Crippen molar-refractivity contribution in [3.05, 3.63) is 89.1 Å². The van der Waals surface area contributed by atoms with E-state index in [9.17, 15) is 18.0 Å². The highest BCUT2D eigenvalue weighted by Crippen LogP contribution is 2.29. The molecule has 0 fully saturated rings. The molecule has 10 heteroatoms. The number of ether oxygens (including phenoxy) is 1. The first-order valence-corrected chi connectivity index (χ1v) is 11.3. The molecular formula is C26H24F3N5O2. The molecule has 0 unspecified atom stereocenters. The lowest BCUT2D eigenvalue weighted by atomic mass is 10.0. The zero-order valence-electron chi connectivity index (χ0n) is 19.8. The van der Waals surface area contributed by atoms with Gasteiger partial charge in [0, 0.05) is 47.7 Å². The second-order valence-corrected chi connectivity index (χ2v) is 8.33. The molecule has 7 nitrogen and oxygen atoms in total. The summed E-state index contributed by atoms with van der Waals surface area (Å²) in [7, 11) is 0. The Kier molecular flexibility index (Phi) is 7.42. The number of alkyl halides is 3. The first-order valence-electron chi connectivity index (χ1n) is 11.3. The Balaban J connectivity index is 1.35. The molecule has 4 rings (SSSR count). The van der Waals surface area contributed by atoms with Gasteiger partial charge in [-0.15, -0.1) is 5.10 Å². The van der Waals surface area contributed by atoms with Crippen LogP contribution in [0.3, 0.4) is 0 Å². The number of benzene rings is 1. The van der Waals surface area contributed by atoms with Crippen LogP contribution in [-0.4, -0.2) is 30.7 Å². The summed E-state index contributed by atoms with van der Waals surface area (Å²) in [6.07, 6.45) is 1.13. The lowest BCUT2D eigenvalue weighted by Gasteiger charge is -2.12. The van der Waals surface area contributed by atoms with Gasteiger partial charge in [-0.25, -0.2) is 0 Å². The fourth-order valence-electron chi connectivity index (χ4n) is 3.70. The van der Waals surface area contributed by atoms with Crippen molar-refractivity contribution in [2.24, 2.45) is 0 Å². The molecule has 0 aliphatic rings. The number of carbonyl (C=O) groups is 1. The number of nitrogens with zero attached hydrogens (tertiary/aromatic N) is 5. The maximum absolute atomic E-state index is 12.7. The predicted octanol–water partition coefficient (Wildman–Crippen LogP) is 5.61. The van der Waals surface area contributed by atoms with E-state index >= 15 is 0 Å². The molecule has 0 saturated heterocycles. The number of Topliss-reactive ketones (excluding diaryl/α,β-unsaturated/α-hetero) is 1. The Labute approximate surface area is 206 Å². The molecule has 0 atom stereocenters. The zero-order valence-corrected chi connectivity index (χ0v) is 19.8. The monoisotopic (exact) mass is 495 g/mol. The van der Waals surface area contributed by atoms with E-state index < -0.39 is 11.9 Å². The maximum atomic E-state index is 12.7. The van der Waals surface area contributed by atoms with Crippen molar-refractivity contribution >= 4 is 5.78 Å². The van der Waals surface area contributed by atoms with Gasteiger partial charge in [-0.05, 0) is 62.2 Å². The molecule has 0 amide bonds. The summed E-state index contributed by atoms with van der Waals surface area (Å²) in [6, 6.07) is 11.2. The van der Waals surface area contributed by atoms with E-state index in [0.717, 1.165) is 17.2 Å². The Morgan fingerprint density at radius 2 is 1.92 bits per heavy atom. The first kappa shape index (κ1) is 25.0. The molecule has 0 bridgehead atoms. The summed E-state index contributed by atoms with van der Waals surface area (Å²) in [4.78, 5) is 20.6. The van der Waals surface area contributed by atoms with Gasteiger partial charge in [0.05, 0.1) is 11.9 Å². The van der Waals surface area contributed by atoms with E-state index in [2.05, 4.69) is 20.3 Å². The molecule has 4 aromatic rings. The predicted molar refractivity (Wildman–Crippen MR) is 126 cm³/mol. The molecule has 186 valence electrons. The molecule has 3 heterocycles. The van der Waals surface area contributed by atoms with Crippen LogP contribution in [-0.2, 0) is 19.3 Å². The normalized spacial score (nSPS) is 11.5. The number of carbonyl (C=O) groups excluding carboxylic acids is 1. The second kappa shape index (κ2) is 10.7. The standard InChI is InChI=1S/C26H24F3N5O2/c1-17-14-21(7-8-22(17)24(35)4-3-12-34-13-11-31-33-34)36-16-20-5-9-23(32-18(20)2)19-6-10-25(30-15-19)26(27,28)29/h5-11,13-15H,3-4,12,16H2,1-2H3. The van der Waals surface area contributed by atoms with Crippen LogP contribution in [0.2, 0.25) is 0 Å². The van der Waals surface area contributed by atoms with Crippen molar-refractivity contribution in [3.8, 4) is 17.0 Å². The quantitative estimate of drug-likeness (QED) is 0.281. The minimum atomic E-state index is -4.48. The number of hydrogen-bond donors (Lipinski definition) is 0. The molecule has 36 heavy (non-hydrogen) atoms. The van der Waals surface area contributed by atoms with Gasteiger partial charge >= 0.3 is 6.18 Å². The summed E-state index contributed by atoms with van der Waals surface area (Å²) in [5.74, 6) is 0.689. The molecule has 0 aliphatic heterocycles. The molecule has 3 aromatic heterocycles. The van der Waals surface area contributed by atoms with Gasteiger partial charge in [0.25, 0.3) is 0 Å². The number of aromatic nitrogens is 5. The first-order chi connectivity index (χ1) is 17.2. The molecule has 0 spiro atoms. The summed E-state index contributed by atoms with van der Waals surface area (Å²) >= 11 is 0. The van der Waals surface area contributed by atoms with Crippen LogP contribution in [0.1, 0.15) is 45.7 Å². The van der Waals surface area contributed by atoms with Gasteiger partial charge in [-0.1, -0.05) is 11.3 Å². The van der Waals surface area contributed by atoms with Crippen LogP contribution in [0.25, 0.3) is 11.3 Å². The lowest BCUT2D eigenvalue weighted by molar-refractivity contribution is -0.141. The van der Waals surface area contributed by atoms with Gasteiger partial charge in [0.1, 0.15) is 18.1 Å². The van der Waals surface area contributed by atoms with Crippen molar-refractivity contribution in [2.75, 3.05) is 0 Å². The molecule has 0 N–H and O–H groups in total. The molecule has 1 aromatic carbocycles. The molecule has 0 radical (unpaired) electrons. The molecule has 0 saturated carbocycles. The number of pyridine rings is 2. The highest BCUT2D eigenvalue weighted by atomic mass is 19.4. The van der Waals surface area contributed by atoms with Gasteiger partial charge in [0.15, 0.2) is 5.78 Å². The average molecular weight is 496 g/mol. The van der Waals surface area contributed by atoms with Crippen LogP contribution in [0, 0.1) is 13.8 Å². The highest BCUT2D eigenvalue weighted by molar-refractivity contribution is 5.97. The fourth-order valence-corrected chi connectivity index (χ4v) is 3.70. The van der Waals surface area contributed by atoms with Gasteiger partial charge in [-0.3, -0.25) is 19.4 Å². The van der Waals surface area contributed by atoms with Crippen LogP contribution in [0.4, 0.5) is 13.2 Å². The average Bonchev–Trinajstić information content (AvgIpc) is 3.36. The number of aryl methyl sites for hydroxylation is 3. The van der Waals surface area contributed by atoms with Gasteiger partial charge < -0.3 is 4.74 Å². The Hall–Kier alpha value is -4.08. The minimum Gasteiger partial charge on any atom is -0.489 e. The van der Waals surface area contributed by atoms with Crippen LogP contribution in [0.15, 0.2) is 61.1 Å². The van der Waals surface area contributed by atoms with Crippen LogP contribution < -0.4 is 4.74 Å². The van der Waals surface area contributed by atoms with Crippen molar-refractivity contribution in [2.45, 2.75) is 46.0 Å². The Morgan fingerprint density at radius 3 is 2.56 bits per heavy atom. The van der Waals surface area contributed by atoms with Crippen molar-refractivity contribution in [1.29, 1.82) is 0 Å². The second-order valence-electron chi connectivity index (χ2n) is 8.33. The molecule has 0 aliphatic carbocycles. The number of hydrogen-bond acceptors (Lipinski definition) is 6. The largest absolute Gasteiger partial charge is 0.489 e. The Bertz CT molecular complexity index is 1340. The maximum Gasteiger partial charge on any atom is 0.433 e. The third-order valence-electron chi connectivity index (χ3n) is 5.70. The number of rotatable bonds is 9. The smallest absolute Gasteiger partial charge is 0.433 e. The number of halogens is 3. The van der Waals surface area contributed by atoms with Gasteiger partial charge in [-0.2, -0.15) is 13.2 Å². The van der Waals surface area contributed by atoms with E-state index in [1.54, 1.807) is 35.3 Å². The summed E-state index contributed by atoms with van der Waals surface area (Å²) in [5, 5.41) is 7.64. The highest BCUT2D eigenvalue weighted by Gasteiger charge is 2.32. The van der Waals surface area contributed by atoms with Crippen molar-refractivity contribution in [3.63, 3.8) is 0 Å². The minimum absolute atomic E-state index is 0.0626. The number of ketones is 1. The van der Waals surface area contributed by atoms with Crippen molar-refractivity contribution < 1.29 is 22.7 Å². The third kappa shape index (κ3) is 6.12. The lowest BCUT2D eigenvalue weighted by Crippen LogP contribution is -2.07. The topological polar surface area (TPSA) is 82.8 Å².